The Morgan fingerprint density at radius 1 is 1.17 bits per heavy atom. The van der Waals surface area contributed by atoms with E-state index in [4.69, 9.17) is 4.74 Å². The standard InChI is InChI=1S/C13H11NO4/c1-18-13-7-12(17)11(16)6-10(13)14-8-3-2-4-9(15)5-8/h2-7,14-15H,1H3. The van der Waals surface area contributed by atoms with E-state index in [1.54, 1.807) is 12.1 Å². The molecule has 0 saturated carbocycles. The summed E-state index contributed by atoms with van der Waals surface area (Å²) >= 11 is 0. The zero-order valence-corrected chi connectivity index (χ0v) is 9.64. The summed E-state index contributed by atoms with van der Waals surface area (Å²) in [6.07, 6.45) is 2.30. The van der Waals surface area contributed by atoms with Crippen molar-refractivity contribution < 1.29 is 19.4 Å². The Morgan fingerprint density at radius 3 is 2.56 bits per heavy atom. The number of benzene rings is 1. The molecule has 2 rings (SSSR count). The van der Waals surface area contributed by atoms with Gasteiger partial charge in [0.05, 0.1) is 12.8 Å². The number of anilines is 1. The summed E-state index contributed by atoms with van der Waals surface area (Å²) in [4.78, 5) is 22.5. The molecule has 1 aliphatic carbocycles. The molecule has 0 bridgehead atoms. The molecule has 1 aromatic rings. The quantitative estimate of drug-likeness (QED) is 0.621. The van der Waals surface area contributed by atoms with Crippen LogP contribution in [0.2, 0.25) is 0 Å². The molecule has 0 heterocycles. The second kappa shape index (κ2) is 4.75. The van der Waals surface area contributed by atoms with Crippen molar-refractivity contribution in [1.82, 2.24) is 0 Å². The van der Waals surface area contributed by atoms with Gasteiger partial charge in [-0.25, -0.2) is 0 Å². The molecule has 0 saturated heterocycles. The van der Waals surface area contributed by atoms with Gasteiger partial charge in [-0.1, -0.05) is 6.07 Å². The number of aromatic hydroxyl groups is 1. The van der Waals surface area contributed by atoms with E-state index in [-0.39, 0.29) is 11.5 Å². The summed E-state index contributed by atoms with van der Waals surface area (Å²) in [5.41, 5.74) is 0.971. The Labute approximate surface area is 103 Å². The molecular weight excluding hydrogens is 234 g/mol. The number of hydrogen-bond acceptors (Lipinski definition) is 5. The van der Waals surface area contributed by atoms with Gasteiger partial charge in [-0.3, -0.25) is 9.59 Å². The predicted molar refractivity (Wildman–Crippen MR) is 64.9 cm³/mol. The SMILES string of the molecule is COC1=CC(=O)C(=O)C=C1Nc1cccc(O)c1. The highest BCUT2D eigenvalue weighted by molar-refractivity contribution is 6.46. The minimum atomic E-state index is -0.617. The van der Waals surface area contributed by atoms with Gasteiger partial charge in [0.25, 0.3) is 0 Å². The van der Waals surface area contributed by atoms with Crippen molar-refractivity contribution in [1.29, 1.82) is 0 Å². The van der Waals surface area contributed by atoms with Crippen molar-refractivity contribution in [2.24, 2.45) is 0 Å². The molecule has 0 atom stereocenters. The minimum Gasteiger partial charge on any atom is -0.508 e. The first-order valence-electron chi connectivity index (χ1n) is 5.22. The van der Waals surface area contributed by atoms with Gasteiger partial charge >= 0.3 is 0 Å². The van der Waals surface area contributed by atoms with Gasteiger partial charge in [0, 0.05) is 23.9 Å². The first-order chi connectivity index (χ1) is 8.60. The number of ether oxygens (including phenoxy) is 1. The Hall–Kier alpha value is -2.56. The van der Waals surface area contributed by atoms with Crippen LogP contribution >= 0.6 is 0 Å². The number of ketones is 2. The summed E-state index contributed by atoms with van der Waals surface area (Å²) in [6.45, 7) is 0. The number of carbonyl (C=O) groups is 2. The van der Waals surface area contributed by atoms with E-state index >= 15 is 0 Å². The van der Waals surface area contributed by atoms with Gasteiger partial charge in [0.15, 0.2) is 0 Å². The van der Waals surface area contributed by atoms with Gasteiger partial charge in [-0.15, -0.1) is 0 Å². The van der Waals surface area contributed by atoms with Gasteiger partial charge in [0.1, 0.15) is 11.5 Å². The number of methoxy groups -OCH3 is 1. The lowest BCUT2D eigenvalue weighted by atomic mass is 10.1. The van der Waals surface area contributed by atoms with Crippen LogP contribution in [0, 0.1) is 0 Å². The number of hydrogen-bond donors (Lipinski definition) is 2. The maximum atomic E-state index is 11.3. The highest BCUT2D eigenvalue weighted by Crippen LogP contribution is 2.22. The van der Waals surface area contributed by atoms with Crippen LogP contribution in [0.4, 0.5) is 5.69 Å². The average molecular weight is 245 g/mol. The van der Waals surface area contributed by atoms with Crippen molar-refractivity contribution in [3.63, 3.8) is 0 Å². The second-order valence-corrected chi connectivity index (χ2v) is 3.67. The molecule has 0 spiro atoms. The minimum absolute atomic E-state index is 0.0989. The summed E-state index contributed by atoms with van der Waals surface area (Å²) in [6, 6.07) is 6.40. The normalized spacial score (nSPS) is 14.9. The van der Waals surface area contributed by atoms with Crippen LogP contribution in [0.5, 0.6) is 5.75 Å². The molecule has 0 amide bonds. The zero-order chi connectivity index (χ0) is 13.1. The van der Waals surface area contributed by atoms with E-state index in [2.05, 4.69) is 5.32 Å². The summed E-state index contributed by atoms with van der Waals surface area (Å²) in [5, 5.41) is 12.2. The molecule has 2 N–H and O–H groups in total. The van der Waals surface area contributed by atoms with Crippen LogP contribution < -0.4 is 5.32 Å². The van der Waals surface area contributed by atoms with E-state index < -0.39 is 11.6 Å². The largest absolute Gasteiger partial charge is 0.508 e. The third kappa shape index (κ3) is 2.40. The third-order valence-corrected chi connectivity index (χ3v) is 2.39. The van der Waals surface area contributed by atoms with Crippen LogP contribution in [-0.2, 0) is 14.3 Å². The maximum absolute atomic E-state index is 11.3. The molecular formula is C13H11NO4. The summed E-state index contributed by atoms with van der Waals surface area (Å²) in [5.74, 6) is -0.850. The van der Waals surface area contributed by atoms with Crippen molar-refractivity contribution in [2.45, 2.75) is 0 Å². The number of carbonyl (C=O) groups excluding carboxylic acids is 2. The first kappa shape index (κ1) is 11.9. The molecule has 0 aliphatic heterocycles. The highest BCUT2D eigenvalue weighted by Gasteiger charge is 2.20. The van der Waals surface area contributed by atoms with Crippen molar-refractivity contribution in [3.05, 3.63) is 47.9 Å². The fourth-order valence-electron chi connectivity index (χ4n) is 1.55. The van der Waals surface area contributed by atoms with Crippen LogP contribution in [-0.4, -0.2) is 23.8 Å². The molecule has 0 unspecified atom stereocenters. The molecule has 0 aromatic heterocycles. The van der Waals surface area contributed by atoms with Gasteiger partial charge in [-0.2, -0.15) is 0 Å². The lowest BCUT2D eigenvalue weighted by Gasteiger charge is -2.15. The van der Waals surface area contributed by atoms with Crippen molar-refractivity contribution >= 4 is 17.3 Å². The molecule has 5 heteroatoms. The topological polar surface area (TPSA) is 75.6 Å². The molecule has 1 aromatic carbocycles. The molecule has 1 aliphatic rings. The predicted octanol–water partition coefficient (Wildman–Crippen LogP) is 1.37. The Kier molecular flexibility index (Phi) is 3.14. The smallest absolute Gasteiger partial charge is 0.229 e. The molecule has 18 heavy (non-hydrogen) atoms. The Bertz CT molecular complexity index is 572. The van der Waals surface area contributed by atoms with Gasteiger partial charge in [0.2, 0.25) is 11.6 Å². The first-order valence-corrected chi connectivity index (χ1v) is 5.22. The number of rotatable bonds is 3. The van der Waals surface area contributed by atoms with E-state index in [0.717, 1.165) is 6.08 Å². The van der Waals surface area contributed by atoms with E-state index in [1.807, 2.05) is 0 Å². The monoisotopic (exact) mass is 245 g/mol. The number of phenolic OH excluding ortho intramolecular Hbond substituents is 1. The lowest BCUT2D eigenvalue weighted by Crippen LogP contribution is -2.19. The van der Waals surface area contributed by atoms with Crippen LogP contribution in [0.1, 0.15) is 0 Å². The molecule has 0 fully saturated rings. The number of nitrogens with one attached hydrogen (secondary N) is 1. The van der Waals surface area contributed by atoms with Crippen LogP contribution in [0.3, 0.4) is 0 Å². The molecule has 5 nitrogen and oxygen atoms in total. The maximum Gasteiger partial charge on any atom is 0.229 e. The Morgan fingerprint density at radius 2 is 1.89 bits per heavy atom. The van der Waals surface area contributed by atoms with Crippen molar-refractivity contribution in [3.8, 4) is 5.75 Å². The Balaban J connectivity index is 2.28. The van der Waals surface area contributed by atoms with Gasteiger partial charge in [-0.05, 0) is 12.1 Å². The fraction of sp³-hybridized carbons (Fsp3) is 0.0769. The lowest BCUT2D eigenvalue weighted by molar-refractivity contribution is -0.131. The molecule has 0 radical (unpaired) electrons. The summed E-state index contributed by atoms with van der Waals surface area (Å²) in [7, 11) is 1.41. The van der Waals surface area contributed by atoms with Gasteiger partial charge < -0.3 is 15.2 Å². The highest BCUT2D eigenvalue weighted by atomic mass is 16.5. The number of phenols is 1. The second-order valence-electron chi connectivity index (χ2n) is 3.67. The van der Waals surface area contributed by atoms with E-state index in [0.29, 0.717) is 11.4 Å². The van der Waals surface area contributed by atoms with E-state index in [9.17, 15) is 14.7 Å². The average Bonchev–Trinajstić information content (AvgIpc) is 2.33. The summed E-state index contributed by atoms with van der Waals surface area (Å²) < 4.78 is 5.02. The number of allylic oxidation sites excluding steroid dienone is 2. The van der Waals surface area contributed by atoms with Crippen molar-refractivity contribution in [2.75, 3.05) is 12.4 Å². The van der Waals surface area contributed by atoms with E-state index in [1.165, 1.54) is 25.3 Å². The fourth-order valence-corrected chi connectivity index (χ4v) is 1.55. The third-order valence-electron chi connectivity index (χ3n) is 2.39. The zero-order valence-electron chi connectivity index (χ0n) is 9.64. The molecule has 92 valence electrons. The van der Waals surface area contributed by atoms with Crippen LogP contribution in [0.25, 0.3) is 0 Å². The van der Waals surface area contributed by atoms with Crippen LogP contribution in [0.15, 0.2) is 47.9 Å².